The van der Waals surface area contributed by atoms with Crippen molar-refractivity contribution >= 4 is 5.91 Å². The maximum absolute atomic E-state index is 12.0. The van der Waals surface area contributed by atoms with Crippen LogP contribution in [0.4, 0.5) is 0 Å². The summed E-state index contributed by atoms with van der Waals surface area (Å²) < 4.78 is 7.33. The lowest BCUT2D eigenvalue weighted by Crippen LogP contribution is -2.23. The molecule has 0 saturated carbocycles. The van der Waals surface area contributed by atoms with Crippen LogP contribution in [0.5, 0.6) is 0 Å². The standard InChI is InChI=1S/C18H21N5O2/c1-12-5-4-6-14(9-12)11-19-16(24)7-8-17-20-21-18(25-17)15-10-13(2)22-23(15)3/h4-6,9-10H,7-8,11H2,1-3H3,(H,19,24). The first-order valence-electron chi connectivity index (χ1n) is 8.17. The van der Waals surface area contributed by atoms with Crippen LogP contribution in [-0.2, 0) is 24.8 Å². The number of rotatable bonds is 6. The minimum absolute atomic E-state index is 0.0439. The fourth-order valence-electron chi connectivity index (χ4n) is 2.60. The molecule has 3 rings (SSSR count). The van der Waals surface area contributed by atoms with Crippen LogP contribution < -0.4 is 5.32 Å². The van der Waals surface area contributed by atoms with Gasteiger partial charge in [0.05, 0.1) is 5.69 Å². The van der Waals surface area contributed by atoms with E-state index in [1.165, 1.54) is 5.56 Å². The van der Waals surface area contributed by atoms with E-state index in [0.29, 0.717) is 31.2 Å². The van der Waals surface area contributed by atoms with Crippen LogP contribution in [0.15, 0.2) is 34.7 Å². The summed E-state index contributed by atoms with van der Waals surface area (Å²) in [6.07, 6.45) is 0.710. The van der Waals surface area contributed by atoms with Crippen molar-refractivity contribution in [3.8, 4) is 11.6 Å². The van der Waals surface area contributed by atoms with Crippen molar-refractivity contribution in [1.82, 2.24) is 25.3 Å². The number of aromatic nitrogens is 4. The number of carbonyl (C=O) groups is 1. The first-order chi connectivity index (χ1) is 12.0. The predicted octanol–water partition coefficient (Wildman–Crippen LogP) is 2.34. The van der Waals surface area contributed by atoms with Crippen molar-refractivity contribution in [3.05, 3.63) is 53.0 Å². The molecule has 2 aromatic heterocycles. The number of carbonyl (C=O) groups excluding carboxylic acids is 1. The number of amides is 1. The first-order valence-corrected chi connectivity index (χ1v) is 8.17. The lowest BCUT2D eigenvalue weighted by molar-refractivity contribution is -0.121. The van der Waals surface area contributed by atoms with E-state index in [4.69, 9.17) is 4.42 Å². The molecule has 0 aliphatic rings. The summed E-state index contributed by atoms with van der Waals surface area (Å²) in [6, 6.07) is 9.94. The smallest absolute Gasteiger partial charge is 0.265 e. The molecular weight excluding hydrogens is 318 g/mol. The quantitative estimate of drug-likeness (QED) is 0.745. The van der Waals surface area contributed by atoms with Crippen molar-refractivity contribution in [1.29, 1.82) is 0 Å². The second-order valence-electron chi connectivity index (χ2n) is 6.06. The average molecular weight is 339 g/mol. The lowest BCUT2D eigenvalue weighted by atomic mass is 10.1. The monoisotopic (exact) mass is 339 g/mol. The van der Waals surface area contributed by atoms with Crippen LogP contribution in [0.3, 0.4) is 0 Å². The number of nitrogens with zero attached hydrogens (tertiary/aromatic N) is 4. The molecule has 7 heteroatoms. The molecule has 25 heavy (non-hydrogen) atoms. The molecule has 0 saturated heterocycles. The molecule has 0 unspecified atom stereocenters. The molecule has 7 nitrogen and oxygen atoms in total. The van der Waals surface area contributed by atoms with Crippen molar-refractivity contribution in [3.63, 3.8) is 0 Å². The SMILES string of the molecule is Cc1cccc(CNC(=O)CCc2nnc(-c3cc(C)nn3C)o2)c1. The van der Waals surface area contributed by atoms with Gasteiger partial charge in [0.15, 0.2) is 0 Å². The van der Waals surface area contributed by atoms with Gasteiger partial charge in [0.2, 0.25) is 11.8 Å². The molecule has 0 bridgehead atoms. The Balaban J connectivity index is 1.52. The summed E-state index contributed by atoms with van der Waals surface area (Å²) in [7, 11) is 1.82. The van der Waals surface area contributed by atoms with E-state index in [9.17, 15) is 4.79 Å². The highest BCUT2D eigenvalue weighted by atomic mass is 16.4. The van der Waals surface area contributed by atoms with E-state index >= 15 is 0 Å². The Morgan fingerprint density at radius 2 is 2.08 bits per heavy atom. The summed E-state index contributed by atoms with van der Waals surface area (Å²) in [5, 5.41) is 15.2. The molecule has 0 radical (unpaired) electrons. The average Bonchev–Trinajstić information content (AvgIpc) is 3.17. The molecule has 0 aliphatic heterocycles. The Morgan fingerprint density at radius 3 is 2.80 bits per heavy atom. The molecule has 0 aliphatic carbocycles. The zero-order chi connectivity index (χ0) is 17.8. The lowest BCUT2D eigenvalue weighted by Gasteiger charge is -2.05. The third-order valence-corrected chi connectivity index (χ3v) is 3.83. The predicted molar refractivity (Wildman–Crippen MR) is 92.6 cm³/mol. The van der Waals surface area contributed by atoms with Gasteiger partial charge in [0.1, 0.15) is 5.69 Å². The molecule has 130 valence electrons. The summed E-state index contributed by atoms with van der Waals surface area (Å²) in [5.41, 5.74) is 3.91. The molecule has 1 amide bonds. The van der Waals surface area contributed by atoms with Crippen LogP contribution in [0.1, 0.15) is 29.1 Å². The third kappa shape index (κ3) is 4.32. The second kappa shape index (κ2) is 7.29. The van der Waals surface area contributed by atoms with E-state index in [2.05, 4.69) is 26.7 Å². The second-order valence-corrected chi connectivity index (χ2v) is 6.06. The zero-order valence-corrected chi connectivity index (χ0v) is 14.6. The zero-order valence-electron chi connectivity index (χ0n) is 14.6. The van der Waals surface area contributed by atoms with Crippen LogP contribution >= 0.6 is 0 Å². The van der Waals surface area contributed by atoms with Crippen molar-refractivity contribution in [2.24, 2.45) is 7.05 Å². The number of aryl methyl sites for hydroxylation is 4. The Bertz CT molecular complexity index is 881. The largest absolute Gasteiger partial charge is 0.419 e. The fraction of sp³-hybridized carbons (Fsp3) is 0.333. The molecule has 0 spiro atoms. The van der Waals surface area contributed by atoms with Crippen molar-refractivity contribution < 1.29 is 9.21 Å². The normalized spacial score (nSPS) is 10.8. The molecular formula is C18H21N5O2. The molecule has 1 N–H and O–H groups in total. The Hall–Kier alpha value is -2.96. The van der Waals surface area contributed by atoms with Gasteiger partial charge in [0.25, 0.3) is 5.89 Å². The Labute approximate surface area is 146 Å². The summed E-state index contributed by atoms with van der Waals surface area (Å²) in [5.74, 6) is 0.815. The third-order valence-electron chi connectivity index (χ3n) is 3.83. The Morgan fingerprint density at radius 1 is 1.24 bits per heavy atom. The number of nitrogens with one attached hydrogen (secondary N) is 1. The number of hydrogen-bond donors (Lipinski definition) is 1. The van der Waals surface area contributed by atoms with Crippen molar-refractivity contribution in [2.75, 3.05) is 0 Å². The van der Waals surface area contributed by atoms with Gasteiger partial charge in [0, 0.05) is 26.4 Å². The van der Waals surface area contributed by atoms with Gasteiger partial charge in [-0.3, -0.25) is 9.48 Å². The number of benzene rings is 1. The molecule has 0 atom stereocenters. The highest BCUT2D eigenvalue weighted by molar-refractivity contribution is 5.76. The van der Waals surface area contributed by atoms with Crippen LogP contribution in [0.2, 0.25) is 0 Å². The minimum atomic E-state index is -0.0439. The molecule has 1 aromatic carbocycles. The summed E-state index contributed by atoms with van der Waals surface area (Å²) >= 11 is 0. The van der Waals surface area contributed by atoms with Gasteiger partial charge in [-0.25, -0.2) is 0 Å². The molecule has 2 heterocycles. The van der Waals surface area contributed by atoms with E-state index in [1.807, 2.05) is 45.2 Å². The maximum Gasteiger partial charge on any atom is 0.265 e. The van der Waals surface area contributed by atoms with E-state index in [1.54, 1.807) is 4.68 Å². The van der Waals surface area contributed by atoms with Gasteiger partial charge >= 0.3 is 0 Å². The highest BCUT2D eigenvalue weighted by Crippen LogP contribution is 2.18. The van der Waals surface area contributed by atoms with Gasteiger partial charge in [-0.2, -0.15) is 5.10 Å². The molecule has 0 fully saturated rings. The van der Waals surface area contributed by atoms with Crippen molar-refractivity contribution in [2.45, 2.75) is 33.2 Å². The number of hydrogen-bond acceptors (Lipinski definition) is 5. The highest BCUT2D eigenvalue weighted by Gasteiger charge is 2.14. The molecule has 3 aromatic rings. The van der Waals surface area contributed by atoms with Gasteiger partial charge in [-0.15, -0.1) is 10.2 Å². The maximum atomic E-state index is 12.0. The van der Waals surface area contributed by atoms with Gasteiger partial charge < -0.3 is 9.73 Å². The van der Waals surface area contributed by atoms with E-state index < -0.39 is 0 Å². The minimum Gasteiger partial charge on any atom is -0.419 e. The van der Waals surface area contributed by atoms with Crippen LogP contribution in [0, 0.1) is 13.8 Å². The van der Waals surface area contributed by atoms with E-state index in [0.717, 1.165) is 17.0 Å². The summed E-state index contributed by atoms with van der Waals surface area (Å²) in [4.78, 5) is 12.0. The summed E-state index contributed by atoms with van der Waals surface area (Å²) in [6.45, 7) is 4.45. The van der Waals surface area contributed by atoms with Crippen LogP contribution in [0.25, 0.3) is 11.6 Å². The van der Waals surface area contributed by atoms with Crippen LogP contribution in [-0.4, -0.2) is 25.9 Å². The van der Waals surface area contributed by atoms with E-state index in [-0.39, 0.29) is 5.91 Å². The Kier molecular flexibility index (Phi) is 4.92. The van der Waals surface area contributed by atoms with Gasteiger partial charge in [-0.05, 0) is 25.5 Å². The topological polar surface area (TPSA) is 85.8 Å². The first kappa shape index (κ1) is 16.9. The van der Waals surface area contributed by atoms with Gasteiger partial charge in [-0.1, -0.05) is 29.8 Å². The fourth-order valence-corrected chi connectivity index (χ4v) is 2.60.